The van der Waals surface area contributed by atoms with Crippen molar-refractivity contribution in [1.82, 2.24) is 10.2 Å². The molecule has 0 radical (unpaired) electrons. The topological polar surface area (TPSA) is 41.6 Å². The van der Waals surface area contributed by atoms with Gasteiger partial charge in [0, 0.05) is 19.1 Å². The minimum Gasteiger partial charge on any atom is -0.375 e. The molecule has 0 bridgehead atoms. The zero-order valence-corrected chi connectivity index (χ0v) is 17.8. The van der Waals surface area contributed by atoms with Crippen LogP contribution in [0.25, 0.3) is 0 Å². The van der Waals surface area contributed by atoms with Crippen molar-refractivity contribution in [3.63, 3.8) is 0 Å². The summed E-state index contributed by atoms with van der Waals surface area (Å²) < 4.78 is 6.35. The van der Waals surface area contributed by atoms with Gasteiger partial charge in [-0.1, -0.05) is 32.1 Å². The quantitative estimate of drug-likeness (QED) is 0.648. The number of amides is 1. The van der Waals surface area contributed by atoms with Crippen LogP contribution in [-0.4, -0.2) is 48.2 Å². The van der Waals surface area contributed by atoms with Gasteiger partial charge in [-0.05, 0) is 50.9 Å². The van der Waals surface area contributed by atoms with Gasteiger partial charge in [0.1, 0.15) is 0 Å². The van der Waals surface area contributed by atoms with Crippen molar-refractivity contribution in [3.05, 3.63) is 0 Å². The third kappa shape index (κ3) is 4.89. The number of carbonyl (C=O) groups excluding carboxylic acids is 1. The van der Waals surface area contributed by atoms with E-state index in [9.17, 15) is 4.79 Å². The molecule has 25 heavy (non-hydrogen) atoms. The van der Waals surface area contributed by atoms with Crippen molar-refractivity contribution < 1.29 is 9.53 Å². The van der Waals surface area contributed by atoms with E-state index in [-0.39, 0.29) is 30.0 Å². The minimum atomic E-state index is 0. The number of rotatable bonds is 3. The molecule has 2 saturated heterocycles. The van der Waals surface area contributed by atoms with E-state index >= 15 is 0 Å². The van der Waals surface area contributed by atoms with Crippen LogP contribution in [0.3, 0.4) is 0 Å². The van der Waals surface area contributed by atoms with Gasteiger partial charge in [-0.15, -0.1) is 24.0 Å². The van der Waals surface area contributed by atoms with E-state index < -0.39 is 0 Å². The second kappa shape index (κ2) is 9.36. The van der Waals surface area contributed by atoms with Crippen LogP contribution in [0.1, 0.15) is 77.0 Å². The summed E-state index contributed by atoms with van der Waals surface area (Å²) in [5.41, 5.74) is 0. The number of fused-ring (bicyclic) bond motifs is 1. The lowest BCUT2D eigenvalue weighted by atomic mass is 9.77. The van der Waals surface area contributed by atoms with Crippen molar-refractivity contribution in [2.24, 2.45) is 5.92 Å². The fourth-order valence-electron chi connectivity index (χ4n) is 5.46. The van der Waals surface area contributed by atoms with Gasteiger partial charge in [0.05, 0.1) is 18.2 Å². The SMILES string of the molecule is I.O=C1NC2CCCCC2CC1N1CCC(OC2CCCCC2)CC1. The summed E-state index contributed by atoms with van der Waals surface area (Å²) in [6, 6.07) is 0.592. The number of likely N-dealkylation sites (tertiary alicyclic amines) is 1. The summed E-state index contributed by atoms with van der Waals surface area (Å²) in [6.45, 7) is 2.07. The molecule has 2 aliphatic heterocycles. The van der Waals surface area contributed by atoms with Crippen LogP contribution in [0.2, 0.25) is 0 Å². The molecule has 4 rings (SSSR count). The second-order valence-electron chi connectivity index (χ2n) is 8.54. The van der Waals surface area contributed by atoms with Gasteiger partial charge in [0.15, 0.2) is 0 Å². The molecule has 5 heteroatoms. The summed E-state index contributed by atoms with van der Waals surface area (Å²) in [6.07, 6.45) is 16.0. The first-order valence-electron chi connectivity index (χ1n) is 10.5. The highest BCUT2D eigenvalue weighted by Gasteiger charge is 2.40. The average Bonchev–Trinajstić information content (AvgIpc) is 2.63. The number of piperidine rings is 2. The zero-order chi connectivity index (χ0) is 16.4. The van der Waals surface area contributed by atoms with E-state index in [0.717, 1.165) is 38.3 Å². The molecular formula is C20H35IN2O2. The molecule has 2 aliphatic carbocycles. The van der Waals surface area contributed by atoms with Crippen LogP contribution in [0, 0.1) is 5.92 Å². The number of hydrogen-bond acceptors (Lipinski definition) is 3. The van der Waals surface area contributed by atoms with Gasteiger partial charge in [0.25, 0.3) is 0 Å². The minimum absolute atomic E-state index is 0. The smallest absolute Gasteiger partial charge is 0.237 e. The van der Waals surface area contributed by atoms with Crippen LogP contribution in [0.15, 0.2) is 0 Å². The van der Waals surface area contributed by atoms with Crippen molar-refractivity contribution in [2.45, 2.75) is 101 Å². The maximum atomic E-state index is 12.6. The monoisotopic (exact) mass is 462 g/mol. The van der Waals surface area contributed by atoms with E-state index in [0.29, 0.717) is 24.2 Å². The molecule has 4 nitrogen and oxygen atoms in total. The van der Waals surface area contributed by atoms with E-state index in [1.807, 2.05) is 0 Å². The average molecular weight is 462 g/mol. The van der Waals surface area contributed by atoms with E-state index in [4.69, 9.17) is 4.74 Å². The Morgan fingerprint density at radius 1 is 0.840 bits per heavy atom. The first-order chi connectivity index (χ1) is 11.8. The van der Waals surface area contributed by atoms with Crippen molar-refractivity contribution >= 4 is 29.9 Å². The Balaban J connectivity index is 0.00000182. The Labute approximate surface area is 169 Å². The summed E-state index contributed by atoms with van der Waals surface area (Å²) >= 11 is 0. The zero-order valence-electron chi connectivity index (χ0n) is 15.5. The van der Waals surface area contributed by atoms with Crippen molar-refractivity contribution in [1.29, 1.82) is 0 Å². The third-order valence-electron chi connectivity index (χ3n) is 6.92. The van der Waals surface area contributed by atoms with Gasteiger partial charge in [-0.3, -0.25) is 9.69 Å². The van der Waals surface area contributed by atoms with Crippen molar-refractivity contribution in [3.8, 4) is 0 Å². The molecule has 3 unspecified atom stereocenters. The highest BCUT2D eigenvalue weighted by molar-refractivity contribution is 14.0. The van der Waals surface area contributed by atoms with Gasteiger partial charge >= 0.3 is 0 Å². The van der Waals surface area contributed by atoms with E-state index in [1.165, 1.54) is 57.8 Å². The molecule has 0 spiro atoms. The lowest BCUT2D eigenvalue weighted by Crippen LogP contribution is -2.59. The Bertz CT molecular complexity index is 433. The van der Waals surface area contributed by atoms with Crippen molar-refractivity contribution in [2.75, 3.05) is 13.1 Å². The van der Waals surface area contributed by atoms with Crippen LogP contribution in [0.5, 0.6) is 0 Å². The van der Waals surface area contributed by atoms with Crippen LogP contribution in [-0.2, 0) is 9.53 Å². The Morgan fingerprint density at radius 2 is 1.48 bits per heavy atom. The third-order valence-corrected chi connectivity index (χ3v) is 6.92. The van der Waals surface area contributed by atoms with Crippen LogP contribution in [0.4, 0.5) is 0 Å². The molecule has 0 aromatic heterocycles. The Kier molecular flexibility index (Phi) is 7.44. The molecule has 3 atom stereocenters. The van der Waals surface area contributed by atoms with Gasteiger partial charge in [-0.2, -0.15) is 0 Å². The molecule has 144 valence electrons. The largest absolute Gasteiger partial charge is 0.375 e. The molecule has 4 fully saturated rings. The number of nitrogens with one attached hydrogen (secondary N) is 1. The fraction of sp³-hybridized carbons (Fsp3) is 0.950. The molecule has 4 aliphatic rings. The molecule has 1 N–H and O–H groups in total. The second-order valence-corrected chi connectivity index (χ2v) is 8.54. The Morgan fingerprint density at radius 3 is 2.24 bits per heavy atom. The molecule has 0 aromatic rings. The lowest BCUT2D eigenvalue weighted by Gasteiger charge is -2.45. The number of carbonyl (C=O) groups is 1. The molecule has 1 amide bonds. The van der Waals surface area contributed by atoms with Crippen LogP contribution >= 0.6 is 24.0 Å². The molecule has 2 saturated carbocycles. The molecule has 2 heterocycles. The highest BCUT2D eigenvalue weighted by atomic mass is 127. The fourth-order valence-corrected chi connectivity index (χ4v) is 5.46. The molecule has 0 aromatic carbocycles. The summed E-state index contributed by atoms with van der Waals surface area (Å²) in [7, 11) is 0. The number of halogens is 1. The summed E-state index contributed by atoms with van der Waals surface area (Å²) in [4.78, 5) is 15.0. The predicted molar refractivity (Wildman–Crippen MR) is 110 cm³/mol. The van der Waals surface area contributed by atoms with Gasteiger partial charge < -0.3 is 10.1 Å². The molecular weight excluding hydrogens is 427 g/mol. The normalized spacial score (nSPS) is 35.5. The Hall–Kier alpha value is 0.120. The van der Waals surface area contributed by atoms with E-state index in [2.05, 4.69) is 10.2 Å². The number of hydrogen-bond donors (Lipinski definition) is 1. The maximum Gasteiger partial charge on any atom is 0.237 e. The number of nitrogens with zero attached hydrogens (tertiary/aromatic N) is 1. The summed E-state index contributed by atoms with van der Waals surface area (Å²) in [5, 5.41) is 3.33. The van der Waals surface area contributed by atoms with Crippen LogP contribution < -0.4 is 5.32 Å². The lowest BCUT2D eigenvalue weighted by molar-refractivity contribution is -0.134. The first kappa shape index (κ1) is 19.9. The first-order valence-corrected chi connectivity index (χ1v) is 10.5. The summed E-state index contributed by atoms with van der Waals surface area (Å²) in [5.74, 6) is 1.02. The maximum absolute atomic E-state index is 12.6. The van der Waals surface area contributed by atoms with Gasteiger partial charge in [-0.25, -0.2) is 0 Å². The standard InChI is InChI=1S/C20H34N2O2.HI/c23-20-19(14-15-6-4-5-9-18(15)21-20)22-12-10-17(11-13-22)24-16-7-2-1-3-8-16;/h15-19H,1-14H2,(H,21,23);1H. The highest BCUT2D eigenvalue weighted by Crippen LogP contribution is 2.33. The number of ether oxygens (including phenoxy) is 1. The van der Waals surface area contributed by atoms with E-state index in [1.54, 1.807) is 0 Å². The van der Waals surface area contributed by atoms with Gasteiger partial charge in [0.2, 0.25) is 5.91 Å². The predicted octanol–water partition coefficient (Wildman–Crippen LogP) is 3.87.